The fourth-order valence-electron chi connectivity index (χ4n) is 4.90. The van der Waals surface area contributed by atoms with Crippen LogP contribution >= 0.6 is 12.4 Å². The van der Waals surface area contributed by atoms with Gasteiger partial charge in [0.25, 0.3) is 0 Å². The van der Waals surface area contributed by atoms with E-state index in [1.54, 1.807) is 0 Å². The quantitative estimate of drug-likeness (QED) is 0.503. The molecule has 0 bridgehead atoms. The molecule has 2 aliphatic rings. The summed E-state index contributed by atoms with van der Waals surface area (Å²) in [7, 11) is 0. The van der Waals surface area contributed by atoms with E-state index in [4.69, 9.17) is 0 Å². The van der Waals surface area contributed by atoms with Gasteiger partial charge in [-0.25, -0.2) is 0 Å². The Bertz CT molecular complexity index is 830. The Morgan fingerprint density at radius 3 is 2.09 bits per heavy atom. The SMILES string of the molecule is CC(C)=CC1CN(Cc2ccccc2)CCN1Cc1ccccc1.CC(C)CC1CNCCN1.Cl. The van der Waals surface area contributed by atoms with Gasteiger partial charge in [0, 0.05) is 64.4 Å². The van der Waals surface area contributed by atoms with Crippen LogP contribution in [0.1, 0.15) is 45.2 Å². The van der Waals surface area contributed by atoms with Crippen LogP contribution < -0.4 is 10.6 Å². The molecule has 2 aromatic carbocycles. The third-order valence-electron chi connectivity index (χ3n) is 6.50. The molecule has 194 valence electrons. The molecule has 0 aromatic heterocycles. The number of hydrogen-bond donors (Lipinski definition) is 2. The number of allylic oxidation sites excluding steroid dienone is 1. The lowest BCUT2D eigenvalue weighted by Crippen LogP contribution is -2.51. The van der Waals surface area contributed by atoms with Crippen LogP contribution in [0.25, 0.3) is 0 Å². The third-order valence-corrected chi connectivity index (χ3v) is 6.50. The van der Waals surface area contributed by atoms with E-state index in [1.807, 2.05) is 0 Å². The van der Waals surface area contributed by atoms with Gasteiger partial charge in [-0.1, -0.05) is 86.2 Å². The van der Waals surface area contributed by atoms with Crippen LogP contribution in [-0.4, -0.2) is 61.2 Å². The summed E-state index contributed by atoms with van der Waals surface area (Å²) in [5.74, 6) is 0.817. The van der Waals surface area contributed by atoms with Gasteiger partial charge in [0.15, 0.2) is 0 Å². The molecule has 2 fully saturated rings. The third kappa shape index (κ3) is 11.3. The Kier molecular flexibility index (Phi) is 13.6. The van der Waals surface area contributed by atoms with Gasteiger partial charge in [-0.2, -0.15) is 0 Å². The van der Waals surface area contributed by atoms with E-state index in [-0.39, 0.29) is 12.4 Å². The first kappa shape index (κ1) is 29.5. The topological polar surface area (TPSA) is 30.5 Å². The van der Waals surface area contributed by atoms with Crippen molar-refractivity contribution in [2.75, 3.05) is 39.3 Å². The first-order chi connectivity index (χ1) is 16.5. The predicted octanol–water partition coefficient (Wildman–Crippen LogP) is 5.35. The maximum absolute atomic E-state index is 3.49. The average molecular weight is 499 g/mol. The Morgan fingerprint density at radius 1 is 0.914 bits per heavy atom. The van der Waals surface area contributed by atoms with Gasteiger partial charge < -0.3 is 10.6 Å². The van der Waals surface area contributed by atoms with E-state index in [1.165, 1.54) is 23.1 Å². The normalized spacial score (nSPS) is 20.9. The molecule has 0 radical (unpaired) electrons. The number of nitrogens with one attached hydrogen (secondary N) is 2. The van der Waals surface area contributed by atoms with Gasteiger partial charge in [0.2, 0.25) is 0 Å². The Morgan fingerprint density at radius 2 is 1.54 bits per heavy atom. The lowest BCUT2D eigenvalue weighted by molar-refractivity contribution is 0.0864. The second-order valence-electron chi connectivity index (χ2n) is 10.5. The van der Waals surface area contributed by atoms with Crippen LogP contribution in [0.4, 0.5) is 0 Å². The summed E-state index contributed by atoms with van der Waals surface area (Å²) in [6.07, 6.45) is 3.73. The summed E-state index contributed by atoms with van der Waals surface area (Å²) in [4.78, 5) is 5.20. The highest BCUT2D eigenvalue weighted by atomic mass is 35.5. The Hall–Kier alpha value is -1.69. The molecule has 5 heteroatoms. The van der Waals surface area contributed by atoms with Gasteiger partial charge in [0.05, 0.1) is 0 Å². The summed E-state index contributed by atoms with van der Waals surface area (Å²) >= 11 is 0. The summed E-state index contributed by atoms with van der Waals surface area (Å²) in [6, 6.07) is 22.9. The molecule has 4 rings (SSSR count). The number of hydrogen-bond acceptors (Lipinski definition) is 4. The summed E-state index contributed by atoms with van der Waals surface area (Å²) in [6.45, 7) is 17.8. The molecule has 2 aliphatic heterocycles. The van der Waals surface area contributed by atoms with Gasteiger partial charge in [-0.3, -0.25) is 9.80 Å². The van der Waals surface area contributed by atoms with Gasteiger partial charge in [0.1, 0.15) is 0 Å². The minimum atomic E-state index is 0. The van der Waals surface area contributed by atoms with E-state index in [0.29, 0.717) is 12.1 Å². The van der Waals surface area contributed by atoms with Crippen molar-refractivity contribution in [3.8, 4) is 0 Å². The van der Waals surface area contributed by atoms with E-state index >= 15 is 0 Å². The predicted molar refractivity (Wildman–Crippen MR) is 153 cm³/mol. The zero-order chi connectivity index (χ0) is 24.2. The van der Waals surface area contributed by atoms with Crippen molar-refractivity contribution in [1.29, 1.82) is 0 Å². The molecule has 2 heterocycles. The highest BCUT2D eigenvalue weighted by molar-refractivity contribution is 5.85. The fourth-order valence-corrected chi connectivity index (χ4v) is 4.90. The maximum atomic E-state index is 3.49. The average Bonchev–Trinajstić information content (AvgIpc) is 2.82. The van der Waals surface area contributed by atoms with Gasteiger partial charge in [-0.15, -0.1) is 12.4 Å². The molecule has 0 saturated carbocycles. The first-order valence-electron chi connectivity index (χ1n) is 13.1. The minimum Gasteiger partial charge on any atom is -0.314 e. The van der Waals surface area contributed by atoms with Crippen LogP contribution in [0.5, 0.6) is 0 Å². The number of halogens is 1. The monoisotopic (exact) mass is 498 g/mol. The van der Waals surface area contributed by atoms with Crippen LogP contribution in [0, 0.1) is 5.92 Å². The minimum absolute atomic E-state index is 0. The molecular formula is C30H47ClN4. The number of rotatable bonds is 7. The Labute approximate surface area is 220 Å². The van der Waals surface area contributed by atoms with Crippen LogP contribution in [-0.2, 0) is 13.1 Å². The molecule has 4 nitrogen and oxygen atoms in total. The van der Waals surface area contributed by atoms with E-state index in [9.17, 15) is 0 Å². The zero-order valence-corrected chi connectivity index (χ0v) is 23.1. The highest BCUT2D eigenvalue weighted by Gasteiger charge is 2.25. The summed E-state index contributed by atoms with van der Waals surface area (Å²) in [5, 5.41) is 6.87. The first-order valence-corrected chi connectivity index (χ1v) is 13.1. The molecule has 2 aromatic rings. The second kappa shape index (κ2) is 16.1. The van der Waals surface area contributed by atoms with Gasteiger partial charge >= 0.3 is 0 Å². The van der Waals surface area contributed by atoms with E-state index < -0.39 is 0 Å². The van der Waals surface area contributed by atoms with Crippen LogP contribution in [0.2, 0.25) is 0 Å². The molecule has 2 atom stereocenters. The van der Waals surface area contributed by atoms with Crippen molar-refractivity contribution in [2.24, 2.45) is 5.92 Å². The van der Waals surface area contributed by atoms with Gasteiger partial charge in [-0.05, 0) is 37.3 Å². The number of piperazine rings is 2. The summed E-state index contributed by atoms with van der Waals surface area (Å²) < 4.78 is 0. The molecule has 2 unspecified atom stereocenters. The van der Waals surface area contributed by atoms with Crippen molar-refractivity contribution in [3.63, 3.8) is 0 Å². The lowest BCUT2D eigenvalue weighted by Gasteiger charge is -2.40. The molecule has 35 heavy (non-hydrogen) atoms. The van der Waals surface area contributed by atoms with Crippen LogP contribution in [0.3, 0.4) is 0 Å². The molecule has 0 amide bonds. The molecule has 0 spiro atoms. The maximum Gasteiger partial charge on any atom is 0.0412 e. The van der Waals surface area contributed by atoms with E-state index in [2.05, 4.69) is 115 Å². The van der Waals surface area contributed by atoms with Crippen LogP contribution in [0.15, 0.2) is 72.3 Å². The molecule has 2 saturated heterocycles. The van der Waals surface area contributed by atoms with Crippen molar-refractivity contribution in [1.82, 2.24) is 20.4 Å². The Balaban J connectivity index is 0.000000332. The van der Waals surface area contributed by atoms with E-state index in [0.717, 1.165) is 58.3 Å². The van der Waals surface area contributed by atoms with Crippen molar-refractivity contribution in [2.45, 2.75) is 59.3 Å². The fraction of sp³-hybridized carbons (Fsp3) is 0.533. The standard InChI is InChI=1S/C22H28N2.C8H18N2.ClH/c1-19(2)15-22-18-23(16-20-9-5-3-6-10-20)13-14-24(22)17-21-11-7-4-8-12-21;1-7(2)5-8-6-9-3-4-10-8;/h3-12,15,22H,13-14,16-18H2,1-2H3;7-10H,3-6H2,1-2H3;1H. The number of benzene rings is 2. The second-order valence-corrected chi connectivity index (χ2v) is 10.5. The van der Waals surface area contributed by atoms with Crippen molar-refractivity contribution in [3.05, 3.63) is 83.4 Å². The highest BCUT2D eigenvalue weighted by Crippen LogP contribution is 2.18. The van der Waals surface area contributed by atoms with Crippen molar-refractivity contribution < 1.29 is 0 Å². The summed E-state index contributed by atoms with van der Waals surface area (Å²) in [5.41, 5.74) is 4.21. The van der Waals surface area contributed by atoms with Crippen molar-refractivity contribution >= 4 is 12.4 Å². The lowest BCUT2D eigenvalue weighted by atomic mass is 10.0. The smallest absolute Gasteiger partial charge is 0.0412 e. The number of nitrogens with zero attached hydrogens (tertiary/aromatic N) is 2. The molecule has 2 N–H and O–H groups in total. The largest absolute Gasteiger partial charge is 0.314 e. The molecule has 0 aliphatic carbocycles. The zero-order valence-electron chi connectivity index (χ0n) is 22.2. The molecular weight excluding hydrogens is 452 g/mol.